The SMILES string of the molecule is CCCOCC(=O)N1CCc2c(nc(-c3ccc(C(N)=O)cc3)[nH]c2=O)C1. The van der Waals surface area contributed by atoms with Gasteiger partial charge >= 0.3 is 0 Å². The summed E-state index contributed by atoms with van der Waals surface area (Å²) in [5.41, 5.74) is 7.27. The molecule has 1 aromatic heterocycles. The molecule has 1 aliphatic rings. The highest BCUT2D eigenvalue weighted by molar-refractivity contribution is 5.93. The highest BCUT2D eigenvalue weighted by Crippen LogP contribution is 2.19. The van der Waals surface area contributed by atoms with E-state index in [-0.39, 0.29) is 24.6 Å². The number of nitrogens with zero attached hydrogens (tertiary/aromatic N) is 2. The molecule has 0 aliphatic carbocycles. The molecule has 2 amide bonds. The molecular weight excluding hydrogens is 348 g/mol. The summed E-state index contributed by atoms with van der Waals surface area (Å²) in [7, 11) is 0. The molecule has 8 nitrogen and oxygen atoms in total. The molecule has 1 aromatic carbocycles. The normalized spacial score (nSPS) is 13.3. The van der Waals surface area contributed by atoms with E-state index in [9.17, 15) is 14.4 Å². The minimum absolute atomic E-state index is 0.0355. The van der Waals surface area contributed by atoms with Crippen LogP contribution in [-0.2, 0) is 22.5 Å². The highest BCUT2D eigenvalue weighted by Gasteiger charge is 2.24. The third-order valence-electron chi connectivity index (χ3n) is 4.44. The van der Waals surface area contributed by atoms with E-state index < -0.39 is 5.91 Å². The molecule has 0 unspecified atom stereocenters. The van der Waals surface area contributed by atoms with Crippen molar-refractivity contribution in [3.63, 3.8) is 0 Å². The smallest absolute Gasteiger partial charge is 0.254 e. The number of hydrogen-bond acceptors (Lipinski definition) is 5. The molecule has 3 rings (SSSR count). The number of carbonyl (C=O) groups excluding carboxylic acids is 2. The molecule has 0 spiro atoms. The van der Waals surface area contributed by atoms with Gasteiger partial charge in [-0.05, 0) is 25.0 Å². The van der Waals surface area contributed by atoms with E-state index in [2.05, 4.69) is 9.97 Å². The van der Waals surface area contributed by atoms with Crippen molar-refractivity contribution in [1.29, 1.82) is 0 Å². The maximum absolute atomic E-state index is 12.4. The molecule has 2 aromatic rings. The number of rotatable bonds is 6. The summed E-state index contributed by atoms with van der Waals surface area (Å²) in [6.45, 7) is 3.31. The van der Waals surface area contributed by atoms with Gasteiger partial charge in [0.25, 0.3) is 5.56 Å². The average molecular weight is 370 g/mol. The van der Waals surface area contributed by atoms with Crippen molar-refractivity contribution in [2.24, 2.45) is 5.73 Å². The Morgan fingerprint density at radius 1 is 1.30 bits per heavy atom. The number of ether oxygens (including phenoxy) is 1. The summed E-state index contributed by atoms with van der Waals surface area (Å²) >= 11 is 0. The fourth-order valence-electron chi connectivity index (χ4n) is 2.98. The van der Waals surface area contributed by atoms with E-state index in [1.807, 2.05) is 6.92 Å². The molecule has 142 valence electrons. The first-order valence-electron chi connectivity index (χ1n) is 8.87. The van der Waals surface area contributed by atoms with Crippen molar-refractivity contribution >= 4 is 11.8 Å². The zero-order valence-electron chi connectivity index (χ0n) is 15.2. The number of aromatic amines is 1. The van der Waals surface area contributed by atoms with Gasteiger partial charge in [-0.25, -0.2) is 4.98 Å². The minimum Gasteiger partial charge on any atom is -0.372 e. The predicted molar refractivity (Wildman–Crippen MR) is 99.0 cm³/mol. The first-order chi connectivity index (χ1) is 13.0. The molecule has 8 heteroatoms. The number of H-pyrrole nitrogens is 1. The van der Waals surface area contributed by atoms with Gasteiger partial charge in [0, 0.05) is 29.8 Å². The molecule has 0 saturated carbocycles. The van der Waals surface area contributed by atoms with E-state index in [0.29, 0.717) is 47.8 Å². The molecule has 0 atom stereocenters. The van der Waals surface area contributed by atoms with Gasteiger partial charge in [0.2, 0.25) is 11.8 Å². The number of benzene rings is 1. The zero-order chi connectivity index (χ0) is 19.4. The number of amides is 2. The Bertz CT molecular complexity index is 905. The van der Waals surface area contributed by atoms with E-state index in [1.165, 1.54) is 0 Å². The molecule has 2 heterocycles. The van der Waals surface area contributed by atoms with Crippen LogP contribution in [0, 0.1) is 0 Å². The van der Waals surface area contributed by atoms with Crippen molar-refractivity contribution in [1.82, 2.24) is 14.9 Å². The Hall–Kier alpha value is -3.00. The van der Waals surface area contributed by atoms with Crippen molar-refractivity contribution in [3.8, 4) is 11.4 Å². The maximum Gasteiger partial charge on any atom is 0.254 e. The number of nitrogens with two attached hydrogens (primary N) is 1. The predicted octanol–water partition coefficient (Wildman–Crippen LogP) is 0.847. The fourth-order valence-corrected chi connectivity index (χ4v) is 2.98. The lowest BCUT2D eigenvalue weighted by Gasteiger charge is -2.27. The van der Waals surface area contributed by atoms with E-state index in [4.69, 9.17) is 10.5 Å². The van der Waals surface area contributed by atoms with Crippen LogP contribution in [0.5, 0.6) is 0 Å². The number of hydrogen-bond donors (Lipinski definition) is 2. The lowest BCUT2D eigenvalue weighted by molar-refractivity contribution is -0.137. The summed E-state index contributed by atoms with van der Waals surface area (Å²) in [6.07, 6.45) is 1.31. The maximum atomic E-state index is 12.4. The van der Waals surface area contributed by atoms with E-state index in [1.54, 1.807) is 29.2 Å². The van der Waals surface area contributed by atoms with Crippen LogP contribution in [0.25, 0.3) is 11.4 Å². The van der Waals surface area contributed by atoms with Crippen LogP contribution in [0.15, 0.2) is 29.1 Å². The van der Waals surface area contributed by atoms with Crippen molar-refractivity contribution in [2.75, 3.05) is 19.8 Å². The first kappa shape index (κ1) is 18.8. The monoisotopic (exact) mass is 370 g/mol. The lowest BCUT2D eigenvalue weighted by atomic mass is 10.1. The minimum atomic E-state index is -0.520. The molecule has 0 bridgehead atoms. The summed E-state index contributed by atoms with van der Waals surface area (Å²) < 4.78 is 5.32. The Labute approximate surface area is 156 Å². The molecule has 0 radical (unpaired) electrons. The van der Waals surface area contributed by atoms with E-state index in [0.717, 1.165) is 6.42 Å². The summed E-state index contributed by atoms with van der Waals surface area (Å²) in [6, 6.07) is 6.51. The van der Waals surface area contributed by atoms with Crippen LogP contribution < -0.4 is 11.3 Å². The Morgan fingerprint density at radius 3 is 2.70 bits per heavy atom. The third kappa shape index (κ3) is 4.22. The lowest BCUT2D eigenvalue weighted by Crippen LogP contribution is -2.40. The Morgan fingerprint density at radius 2 is 2.04 bits per heavy atom. The van der Waals surface area contributed by atoms with Crippen LogP contribution in [0.4, 0.5) is 0 Å². The molecule has 3 N–H and O–H groups in total. The topological polar surface area (TPSA) is 118 Å². The summed E-state index contributed by atoms with van der Waals surface area (Å²) in [4.78, 5) is 44.9. The summed E-state index contributed by atoms with van der Waals surface area (Å²) in [5.74, 6) is -0.234. The third-order valence-corrected chi connectivity index (χ3v) is 4.44. The molecule has 27 heavy (non-hydrogen) atoms. The van der Waals surface area contributed by atoms with Crippen LogP contribution >= 0.6 is 0 Å². The van der Waals surface area contributed by atoms with Crippen molar-refractivity contribution in [3.05, 3.63) is 51.4 Å². The van der Waals surface area contributed by atoms with Gasteiger partial charge in [0.1, 0.15) is 12.4 Å². The molecule has 0 saturated heterocycles. The number of aromatic nitrogens is 2. The highest BCUT2D eigenvalue weighted by atomic mass is 16.5. The second-order valence-corrected chi connectivity index (χ2v) is 6.40. The van der Waals surface area contributed by atoms with Crippen molar-refractivity contribution < 1.29 is 14.3 Å². The molecular formula is C19H22N4O4. The van der Waals surface area contributed by atoms with Gasteiger partial charge in [-0.1, -0.05) is 19.1 Å². The standard InChI is InChI=1S/C19H22N4O4/c1-2-9-27-11-16(24)23-8-7-14-15(10-23)21-18(22-19(14)26)13-5-3-12(4-6-13)17(20)25/h3-6H,2,7-11H2,1H3,(H2,20,25)(H,21,22,26). The Kier molecular flexibility index (Phi) is 5.66. The van der Waals surface area contributed by atoms with Gasteiger partial charge in [0.15, 0.2) is 0 Å². The van der Waals surface area contributed by atoms with Gasteiger partial charge in [-0.3, -0.25) is 14.4 Å². The second-order valence-electron chi connectivity index (χ2n) is 6.40. The van der Waals surface area contributed by atoms with Crippen molar-refractivity contribution in [2.45, 2.75) is 26.3 Å². The largest absolute Gasteiger partial charge is 0.372 e. The fraction of sp³-hybridized carbons (Fsp3) is 0.368. The average Bonchev–Trinajstić information content (AvgIpc) is 2.67. The van der Waals surface area contributed by atoms with Crippen LogP contribution in [0.1, 0.15) is 35.0 Å². The van der Waals surface area contributed by atoms with Gasteiger partial charge < -0.3 is 20.4 Å². The summed E-state index contributed by atoms with van der Waals surface area (Å²) in [5, 5.41) is 0. The van der Waals surface area contributed by atoms with Gasteiger partial charge in [-0.2, -0.15) is 0 Å². The van der Waals surface area contributed by atoms with Crippen LogP contribution in [0.2, 0.25) is 0 Å². The second kappa shape index (κ2) is 8.13. The van der Waals surface area contributed by atoms with Crippen LogP contribution in [-0.4, -0.2) is 46.4 Å². The van der Waals surface area contributed by atoms with Gasteiger partial charge in [-0.15, -0.1) is 0 Å². The number of primary amides is 1. The number of nitrogens with one attached hydrogen (secondary N) is 1. The molecule has 1 aliphatic heterocycles. The molecule has 0 fully saturated rings. The van der Waals surface area contributed by atoms with Crippen LogP contribution in [0.3, 0.4) is 0 Å². The number of fused-ring (bicyclic) bond motifs is 1. The zero-order valence-corrected chi connectivity index (χ0v) is 15.2. The van der Waals surface area contributed by atoms with Gasteiger partial charge in [0.05, 0.1) is 12.2 Å². The quantitative estimate of drug-likeness (QED) is 0.731. The Balaban J connectivity index is 1.82. The van der Waals surface area contributed by atoms with E-state index >= 15 is 0 Å². The number of carbonyl (C=O) groups is 2. The first-order valence-corrected chi connectivity index (χ1v) is 8.87.